The summed E-state index contributed by atoms with van der Waals surface area (Å²) in [6.07, 6.45) is 1.55. The van der Waals surface area contributed by atoms with Crippen molar-refractivity contribution < 1.29 is 23.4 Å². The second kappa shape index (κ2) is 11.6. The monoisotopic (exact) mass is 620 g/mol. The summed E-state index contributed by atoms with van der Waals surface area (Å²) >= 11 is 2.20. The molecule has 192 valence electrons. The van der Waals surface area contributed by atoms with Gasteiger partial charge in [0.1, 0.15) is 17.9 Å². The van der Waals surface area contributed by atoms with Crippen LogP contribution in [0.4, 0.5) is 0 Å². The Morgan fingerprint density at radius 2 is 1.82 bits per heavy atom. The number of furan rings is 1. The largest absolute Gasteiger partial charge is 0.494 e. The van der Waals surface area contributed by atoms with Crippen LogP contribution in [0.5, 0.6) is 17.2 Å². The SMILES string of the molecule is CCOc1ccc2oc(C(=O)N/N=C/c3cc(I)c(OCc4ccc5ccccc5c4)c(OC)c3)cc2c1. The first-order valence-corrected chi connectivity index (χ1v) is 13.1. The maximum absolute atomic E-state index is 12.6. The van der Waals surface area contributed by atoms with Crippen molar-refractivity contribution in [1.29, 1.82) is 0 Å². The van der Waals surface area contributed by atoms with Gasteiger partial charge in [-0.1, -0.05) is 36.4 Å². The van der Waals surface area contributed by atoms with Crippen LogP contribution in [0.2, 0.25) is 0 Å². The lowest BCUT2D eigenvalue weighted by Crippen LogP contribution is -2.16. The fourth-order valence-electron chi connectivity index (χ4n) is 4.05. The van der Waals surface area contributed by atoms with Gasteiger partial charge >= 0.3 is 5.91 Å². The van der Waals surface area contributed by atoms with Crippen LogP contribution in [-0.4, -0.2) is 25.8 Å². The van der Waals surface area contributed by atoms with Gasteiger partial charge < -0.3 is 18.6 Å². The number of hydrogen-bond acceptors (Lipinski definition) is 6. The number of carbonyl (C=O) groups excluding carboxylic acids is 1. The zero-order valence-corrected chi connectivity index (χ0v) is 23.0. The smallest absolute Gasteiger partial charge is 0.307 e. The molecule has 0 aliphatic carbocycles. The highest BCUT2D eigenvalue weighted by atomic mass is 127. The van der Waals surface area contributed by atoms with E-state index in [-0.39, 0.29) is 5.76 Å². The number of methoxy groups -OCH3 is 1. The zero-order valence-electron chi connectivity index (χ0n) is 20.9. The minimum absolute atomic E-state index is 0.162. The number of hydrazone groups is 1. The molecule has 0 unspecified atom stereocenters. The normalized spacial score (nSPS) is 11.2. The second-order valence-corrected chi connectivity index (χ2v) is 9.61. The van der Waals surface area contributed by atoms with Crippen molar-refractivity contribution >= 4 is 56.5 Å². The summed E-state index contributed by atoms with van der Waals surface area (Å²) in [6, 6.07) is 25.3. The van der Waals surface area contributed by atoms with Crippen molar-refractivity contribution in [2.45, 2.75) is 13.5 Å². The Morgan fingerprint density at radius 3 is 2.63 bits per heavy atom. The molecule has 5 aromatic rings. The molecular weight excluding hydrogens is 595 g/mol. The summed E-state index contributed by atoms with van der Waals surface area (Å²) in [5.74, 6) is 1.66. The van der Waals surface area contributed by atoms with Crippen LogP contribution in [0, 0.1) is 3.57 Å². The summed E-state index contributed by atoms with van der Waals surface area (Å²) in [6.45, 7) is 2.89. The Labute approximate surface area is 233 Å². The van der Waals surface area contributed by atoms with Gasteiger partial charge in [-0.2, -0.15) is 5.10 Å². The molecule has 0 aliphatic rings. The molecular formula is C30H25IN2O5. The van der Waals surface area contributed by atoms with E-state index < -0.39 is 5.91 Å². The van der Waals surface area contributed by atoms with Gasteiger partial charge in [-0.3, -0.25) is 4.79 Å². The predicted octanol–water partition coefficient (Wildman–Crippen LogP) is 6.94. The molecule has 0 saturated heterocycles. The van der Waals surface area contributed by atoms with Crippen molar-refractivity contribution in [3.8, 4) is 17.2 Å². The first-order valence-electron chi connectivity index (χ1n) is 12.0. The third-order valence-corrected chi connectivity index (χ3v) is 6.65. The molecule has 0 atom stereocenters. The Morgan fingerprint density at radius 1 is 0.974 bits per heavy atom. The number of ether oxygens (including phenoxy) is 3. The summed E-state index contributed by atoms with van der Waals surface area (Å²) < 4.78 is 23.7. The summed E-state index contributed by atoms with van der Waals surface area (Å²) in [4.78, 5) is 12.6. The van der Waals surface area contributed by atoms with Gasteiger partial charge in [-0.15, -0.1) is 0 Å². The number of hydrogen-bond donors (Lipinski definition) is 1. The molecule has 1 aromatic heterocycles. The molecule has 1 N–H and O–H groups in total. The lowest BCUT2D eigenvalue weighted by molar-refractivity contribution is 0.0929. The number of rotatable bonds is 9. The van der Waals surface area contributed by atoms with Gasteiger partial charge in [0.25, 0.3) is 0 Å². The molecule has 0 aliphatic heterocycles. The van der Waals surface area contributed by atoms with Crippen molar-refractivity contribution in [2.24, 2.45) is 5.10 Å². The Kier molecular flexibility index (Phi) is 7.78. The molecule has 1 heterocycles. The van der Waals surface area contributed by atoms with Crippen LogP contribution in [0.1, 0.15) is 28.6 Å². The molecule has 7 nitrogen and oxygen atoms in total. The Hall–Kier alpha value is -4.05. The van der Waals surface area contributed by atoms with E-state index in [1.807, 2.05) is 37.3 Å². The van der Waals surface area contributed by atoms with Gasteiger partial charge in [0.2, 0.25) is 0 Å². The predicted molar refractivity (Wildman–Crippen MR) is 156 cm³/mol. The van der Waals surface area contributed by atoms with Gasteiger partial charge in [-0.05, 0) is 93.9 Å². The van der Waals surface area contributed by atoms with E-state index in [2.05, 4.69) is 63.4 Å². The van der Waals surface area contributed by atoms with E-state index in [1.165, 1.54) is 10.8 Å². The number of halogens is 1. The fraction of sp³-hybridized carbons (Fsp3) is 0.133. The molecule has 38 heavy (non-hydrogen) atoms. The van der Waals surface area contributed by atoms with E-state index in [1.54, 1.807) is 31.5 Å². The molecule has 0 spiro atoms. The van der Waals surface area contributed by atoms with Crippen molar-refractivity contribution in [3.63, 3.8) is 0 Å². The van der Waals surface area contributed by atoms with E-state index >= 15 is 0 Å². The summed E-state index contributed by atoms with van der Waals surface area (Å²) in [5.41, 5.74) is 4.92. The lowest BCUT2D eigenvalue weighted by Gasteiger charge is -2.14. The maximum Gasteiger partial charge on any atom is 0.307 e. The quantitative estimate of drug-likeness (QED) is 0.110. The van der Waals surface area contributed by atoms with Crippen molar-refractivity contribution in [1.82, 2.24) is 5.43 Å². The lowest BCUT2D eigenvalue weighted by atomic mass is 10.1. The highest BCUT2D eigenvalue weighted by Gasteiger charge is 2.14. The van der Waals surface area contributed by atoms with E-state index in [0.29, 0.717) is 30.3 Å². The molecule has 0 fully saturated rings. The number of nitrogens with zero attached hydrogens (tertiary/aromatic N) is 1. The third kappa shape index (κ3) is 5.75. The van der Waals surface area contributed by atoms with Gasteiger partial charge in [0, 0.05) is 5.39 Å². The van der Waals surface area contributed by atoms with Crippen molar-refractivity contribution in [2.75, 3.05) is 13.7 Å². The zero-order chi connectivity index (χ0) is 26.5. The van der Waals surface area contributed by atoms with Gasteiger partial charge in [0.15, 0.2) is 17.3 Å². The molecule has 0 radical (unpaired) electrons. The first-order chi connectivity index (χ1) is 18.5. The number of benzene rings is 4. The number of carbonyl (C=O) groups is 1. The minimum atomic E-state index is -0.451. The van der Waals surface area contributed by atoms with Crippen LogP contribution in [0.15, 0.2) is 88.4 Å². The van der Waals surface area contributed by atoms with Crippen LogP contribution >= 0.6 is 22.6 Å². The van der Waals surface area contributed by atoms with Crippen LogP contribution in [0.25, 0.3) is 21.7 Å². The molecule has 1 amide bonds. The molecule has 8 heteroatoms. The third-order valence-electron chi connectivity index (χ3n) is 5.85. The van der Waals surface area contributed by atoms with Crippen LogP contribution in [-0.2, 0) is 6.61 Å². The standard InChI is InChI=1S/C30H25IN2O5/c1-3-36-24-10-11-26-23(15-24)16-28(38-26)30(34)33-32-17-20-13-25(31)29(27(14-20)35-2)37-18-19-8-9-21-6-4-5-7-22(21)12-19/h4-17H,3,18H2,1-2H3,(H,33,34)/b32-17+. The number of fused-ring (bicyclic) bond motifs is 2. The molecule has 4 aromatic carbocycles. The van der Waals surface area contributed by atoms with Gasteiger partial charge in [-0.25, -0.2) is 5.43 Å². The second-order valence-electron chi connectivity index (χ2n) is 8.45. The molecule has 5 rings (SSSR count). The summed E-state index contributed by atoms with van der Waals surface area (Å²) in [7, 11) is 1.59. The molecule has 0 saturated carbocycles. The van der Waals surface area contributed by atoms with E-state index in [4.69, 9.17) is 18.6 Å². The van der Waals surface area contributed by atoms with E-state index in [9.17, 15) is 4.79 Å². The van der Waals surface area contributed by atoms with Crippen molar-refractivity contribution in [3.05, 3.63) is 99.3 Å². The average Bonchev–Trinajstić information content (AvgIpc) is 3.36. The first kappa shape index (κ1) is 25.6. The fourth-order valence-corrected chi connectivity index (χ4v) is 4.83. The van der Waals surface area contributed by atoms with Gasteiger partial charge in [0.05, 0.1) is 23.5 Å². The average molecular weight is 620 g/mol. The highest BCUT2D eigenvalue weighted by molar-refractivity contribution is 14.1. The number of amides is 1. The maximum atomic E-state index is 12.6. The highest BCUT2D eigenvalue weighted by Crippen LogP contribution is 2.34. The van der Waals surface area contributed by atoms with Crippen LogP contribution < -0.4 is 19.6 Å². The topological polar surface area (TPSA) is 82.3 Å². The van der Waals surface area contributed by atoms with E-state index in [0.717, 1.165) is 25.8 Å². The Balaban J connectivity index is 1.25. The number of nitrogens with one attached hydrogen (secondary N) is 1. The molecule has 0 bridgehead atoms. The minimum Gasteiger partial charge on any atom is -0.494 e. The summed E-state index contributed by atoms with van der Waals surface area (Å²) in [5, 5.41) is 7.23. The Bertz CT molecular complexity index is 1640. The van der Waals surface area contributed by atoms with Crippen LogP contribution in [0.3, 0.4) is 0 Å².